The summed E-state index contributed by atoms with van der Waals surface area (Å²) in [5, 5.41) is 16.8. The van der Waals surface area contributed by atoms with Gasteiger partial charge in [-0.25, -0.2) is 0 Å². The maximum Gasteiger partial charge on any atom is 0.315 e. The van der Waals surface area contributed by atoms with Gasteiger partial charge < -0.3 is 10.4 Å². The van der Waals surface area contributed by atoms with E-state index in [0.717, 1.165) is 18.5 Å². The number of nitrogens with one attached hydrogen (secondary N) is 1. The number of hydrogen-bond donors (Lipinski definition) is 2. The van der Waals surface area contributed by atoms with Crippen LogP contribution in [0.3, 0.4) is 0 Å². The lowest BCUT2D eigenvalue weighted by Crippen LogP contribution is -2.44. The van der Waals surface area contributed by atoms with Gasteiger partial charge in [-0.15, -0.1) is 0 Å². The van der Waals surface area contributed by atoms with Crippen molar-refractivity contribution < 1.29 is 14.7 Å². The van der Waals surface area contributed by atoms with Gasteiger partial charge in [0.2, 0.25) is 0 Å². The number of rotatable bonds is 8. The van der Waals surface area contributed by atoms with Gasteiger partial charge in [-0.05, 0) is 32.3 Å². The molecule has 0 aliphatic rings. The molecule has 1 aromatic carbocycles. The van der Waals surface area contributed by atoms with Crippen LogP contribution in [0.4, 0.5) is 0 Å². The highest BCUT2D eigenvalue weighted by Crippen LogP contribution is 2.24. The van der Waals surface area contributed by atoms with Crippen molar-refractivity contribution >= 4 is 11.9 Å². The number of carbonyl (C=O) groups is 2. The standard InChI is InChI=1S/C20H27N3O3/c1-5-16(6-2)23-14(3)17(12-22-23)18(24)21-13-20(4,19(25)26)15-10-8-7-9-11-15/h7-12,16H,5-6,13H2,1-4H3,(H,21,24)(H,25,26). The molecule has 0 aliphatic carbocycles. The number of carbonyl (C=O) groups excluding carboxylic acids is 1. The number of aliphatic carboxylic acids is 1. The second-order valence-corrected chi connectivity index (χ2v) is 6.74. The first-order valence-electron chi connectivity index (χ1n) is 8.96. The molecule has 2 aromatic rings. The molecule has 6 nitrogen and oxygen atoms in total. The molecule has 1 amide bonds. The van der Waals surface area contributed by atoms with E-state index in [4.69, 9.17) is 0 Å². The Morgan fingerprint density at radius 3 is 2.38 bits per heavy atom. The molecule has 0 fully saturated rings. The van der Waals surface area contributed by atoms with Crippen LogP contribution in [0, 0.1) is 6.92 Å². The van der Waals surface area contributed by atoms with Crippen LogP contribution in [-0.4, -0.2) is 33.3 Å². The van der Waals surface area contributed by atoms with Gasteiger partial charge in [0.1, 0.15) is 5.41 Å². The van der Waals surface area contributed by atoms with Crippen LogP contribution in [-0.2, 0) is 10.2 Å². The first-order valence-corrected chi connectivity index (χ1v) is 8.96. The van der Waals surface area contributed by atoms with Crippen molar-refractivity contribution in [3.05, 3.63) is 53.3 Å². The molecule has 1 aromatic heterocycles. The fraction of sp³-hybridized carbons (Fsp3) is 0.450. The Kier molecular flexibility index (Phi) is 6.18. The first kappa shape index (κ1) is 19.7. The quantitative estimate of drug-likeness (QED) is 0.759. The Balaban J connectivity index is 2.18. The Hall–Kier alpha value is -2.63. The number of nitrogens with zero attached hydrogens (tertiary/aromatic N) is 2. The highest BCUT2D eigenvalue weighted by molar-refractivity contribution is 5.95. The van der Waals surface area contributed by atoms with E-state index in [1.165, 1.54) is 0 Å². The molecular weight excluding hydrogens is 330 g/mol. The summed E-state index contributed by atoms with van der Waals surface area (Å²) in [4.78, 5) is 24.5. The SMILES string of the molecule is CCC(CC)n1ncc(C(=O)NCC(C)(C(=O)O)c2ccccc2)c1C. The maximum atomic E-state index is 12.6. The van der Waals surface area contributed by atoms with Crippen molar-refractivity contribution in [3.8, 4) is 0 Å². The second-order valence-electron chi connectivity index (χ2n) is 6.74. The summed E-state index contributed by atoms with van der Waals surface area (Å²) in [6, 6.07) is 9.20. The Bertz CT molecular complexity index is 766. The molecule has 1 atom stereocenters. The van der Waals surface area contributed by atoms with Gasteiger partial charge in [0.25, 0.3) is 5.91 Å². The van der Waals surface area contributed by atoms with Crippen LogP contribution in [0.2, 0.25) is 0 Å². The molecule has 0 bridgehead atoms. The molecule has 0 saturated carbocycles. The van der Waals surface area contributed by atoms with Gasteiger partial charge >= 0.3 is 5.97 Å². The van der Waals surface area contributed by atoms with Gasteiger partial charge in [0.05, 0.1) is 17.8 Å². The van der Waals surface area contributed by atoms with Crippen molar-refractivity contribution in [3.63, 3.8) is 0 Å². The average Bonchev–Trinajstić information content (AvgIpc) is 3.02. The zero-order chi connectivity index (χ0) is 19.3. The van der Waals surface area contributed by atoms with Gasteiger partial charge in [0, 0.05) is 12.2 Å². The molecule has 0 spiro atoms. The summed E-state index contributed by atoms with van der Waals surface area (Å²) >= 11 is 0. The van der Waals surface area contributed by atoms with Gasteiger partial charge in [-0.1, -0.05) is 44.2 Å². The molecule has 26 heavy (non-hydrogen) atoms. The minimum atomic E-state index is -1.20. The van der Waals surface area contributed by atoms with E-state index >= 15 is 0 Å². The molecule has 2 rings (SSSR count). The smallest absolute Gasteiger partial charge is 0.315 e. The summed E-state index contributed by atoms with van der Waals surface area (Å²) in [6.07, 6.45) is 3.43. The molecule has 0 radical (unpaired) electrons. The zero-order valence-corrected chi connectivity index (χ0v) is 15.8. The van der Waals surface area contributed by atoms with Crippen molar-refractivity contribution in [1.82, 2.24) is 15.1 Å². The Morgan fingerprint density at radius 1 is 1.23 bits per heavy atom. The third-order valence-corrected chi connectivity index (χ3v) is 5.06. The predicted molar refractivity (Wildman–Crippen MR) is 100 cm³/mol. The third-order valence-electron chi connectivity index (χ3n) is 5.06. The predicted octanol–water partition coefficient (Wildman–Crippen LogP) is 3.32. The van der Waals surface area contributed by atoms with E-state index in [1.807, 2.05) is 17.7 Å². The van der Waals surface area contributed by atoms with Crippen LogP contribution in [0.5, 0.6) is 0 Å². The first-order chi connectivity index (χ1) is 12.3. The summed E-state index contributed by atoms with van der Waals surface area (Å²) in [6.45, 7) is 7.67. The fourth-order valence-corrected chi connectivity index (χ4v) is 3.11. The molecule has 1 heterocycles. The zero-order valence-electron chi connectivity index (χ0n) is 15.8. The lowest BCUT2D eigenvalue weighted by molar-refractivity contribution is -0.142. The van der Waals surface area contributed by atoms with Crippen LogP contribution in [0.15, 0.2) is 36.5 Å². The van der Waals surface area contributed by atoms with E-state index in [0.29, 0.717) is 11.1 Å². The van der Waals surface area contributed by atoms with Gasteiger partial charge in [0.15, 0.2) is 0 Å². The number of carboxylic acids is 1. The van der Waals surface area contributed by atoms with E-state index in [1.54, 1.807) is 37.4 Å². The summed E-state index contributed by atoms with van der Waals surface area (Å²) in [7, 11) is 0. The fourth-order valence-electron chi connectivity index (χ4n) is 3.11. The molecule has 6 heteroatoms. The Morgan fingerprint density at radius 2 is 1.85 bits per heavy atom. The van der Waals surface area contributed by atoms with Gasteiger partial charge in [-0.2, -0.15) is 5.10 Å². The van der Waals surface area contributed by atoms with Crippen molar-refractivity contribution in [1.29, 1.82) is 0 Å². The highest BCUT2D eigenvalue weighted by atomic mass is 16.4. The maximum absolute atomic E-state index is 12.6. The normalized spacial score (nSPS) is 13.4. The van der Waals surface area contributed by atoms with Crippen LogP contribution in [0.1, 0.15) is 61.3 Å². The number of aromatic nitrogens is 2. The molecule has 140 valence electrons. The van der Waals surface area contributed by atoms with E-state index < -0.39 is 11.4 Å². The van der Waals surface area contributed by atoms with Crippen LogP contribution < -0.4 is 5.32 Å². The third kappa shape index (κ3) is 3.79. The number of hydrogen-bond acceptors (Lipinski definition) is 3. The van der Waals surface area contributed by atoms with E-state index in [-0.39, 0.29) is 18.5 Å². The second kappa shape index (κ2) is 8.17. The molecule has 1 unspecified atom stereocenters. The average molecular weight is 357 g/mol. The number of carboxylic acid groups (broad SMARTS) is 1. The molecule has 0 aliphatic heterocycles. The van der Waals surface area contributed by atoms with Crippen molar-refractivity contribution in [2.45, 2.75) is 52.0 Å². The largest absolute Gasteiger partial charge is 0.481 e. The number of amides is 1. The van der Waals surface area contributed by atoms with E-state index in [9.17, 15) is 14.7 Å². The summed E-state index contributed by atoms with van der Waals surface area (Å²) in [5.74, 6) is -1.28. The highest BCUT2D eigenvalue weighted by Gasteiger charge is 2.35. The van der Waals surface area contributed by atoms with Crippen molar-refractivity contribution in [2.24, 2.45) is 0 Å². The summed E-state index contributed by atoms with van der Waals surface area (Å²) in [5.41, 5.74) is 0.735. The number of benzene rings is 1. The molecule has 2 N–H and O–H groups in total. The Labute approximate surface area is 154 Å². The van der Waals surface area contributed by atoms with Crippen LogP contribution in [0.25, 0.3) is 0 Å². The summed E-state index contributed by atoms with van der Waals surface area (Å²) < 4.78 is 1.88. The minimum Gasteiger partial charge on any atom is -0.481 e. The molecular formula is C20H27N3O3. The monoisotopic (exact) mass is 357 g/mol. The lowest BCUT2D eigenvalue weighted by Gasteiger charge is -2.25. The minimum absolute atomic E-state index is 0.000778. The molecule has 0 saturated heterocycles. The topological polar surface area (TPSA) is 84.2 Å². The lowest BCUT2D eigenvalue weighted by atomic mass is 9.82. The van der Waals surface area contributed by atoms with Crippen LogP contribution >= 0.6 is 0 Å². The van der Waals surface area contributed by atoms with Crippen molar-refractivity contribution in [2.75, 3.05) is 6.54 Å². The van der Waals surface area contributed by atoms with E-state index in [2.05, 4.69) is 24.3 Å². The van der Waals surface area contributed by atoms with Gasteiger partial charge in [-0.3, -0.25) is 14.3 Å².